The third kappa shape index (κ3) is 5.16. The molecule has 1 amide bonds. The van der Waals surface area contributed by atoms with E-state index in [0.29, 0.717) is 71.1 Å². The second-order valence-corrected chi connectivity index (χ2v) is 7.46. The summed E-state index contributed by atoms with van der Waals surface area (Å²) in [4.78, 5) is 17.8. The van der Waals surface area contributed by atoms with Gasteiger partial charge in [0.05, 0.1) is 32.6 Å². The molecule has 4 rings (SSSR count). The first-order valence-corrected chi connectivity index (χ1v) is 11.5. The molecule has 0 bridgehead atoms. The molecule has 0 spiro atoms. The molecule has 4 aromatic rings. The van der Waals surface area contributed by atoms with E-state index in [9.17, 15) is 4.79 Å². The van der Waals surface area contributed by atoms with Gasteiger partial charge in [-0.2, -0.15) is 0 Å². The van der Waals surface area contributed by atoms with Crippen molar-refractivity contribution in [3.8, 4) is 34.5 Å². The number of fused-ring (bicyclic) bond motifs is 1. The van der Waals surface area contributed by atoms with Crippen LogP contribution in [0.5, 0.6) is 23.0 Å². The molecule has 0 atom stereocenters. The number of nitrogens with zero attached hydrogens (tertiary/aromatic N) is 1. The van der Waals surface area contributed by atoms with Gasteiger partial charge in [-0.1, -0.05) is 12.1 Å². The minimum atomic E-state index is -0.358. The van der Waals surface area contributed by atoms with E-state index in [1.807, 2.05) is 51.1 Å². The summed E-state index contributed by atoms with van der Waals surface area (Å²) in [5.41, 5.74) is 2.97. The fourth-order valence-electron chi connectivity index (χ4n) is 3.65. The molecule has 1 heterocycles. The lowest BCUT2D eigenvalue weighted by Crippen LogP contribution is -2.14. The van der Waals surface area contributed by atoms with E-state index in [2.05, 4.69) is 10.3 Å². The molecule has 1 N–H and O–H groups in total. The summed E-state index contributed by atoms with van der Waals surface area (Å²) in [7, 11) is 1.54. The van der Waals surface area contributed by atoms with Crippen LogP contribution in [0.15, 0.2) is 59.0 Å². The maximum atomic E-state index is 13.3. The Morgan fingerprint density at radius 1 is 0.886 bits per heavy atom. The van der Waals surface area contributed by atoms with Crippen LogP contribution in [-0.4, -0.2) is 37.8 Å². The van der Waals surface area contributed by atoms with Gasteiger partial charge in [-0.15, -0.1) is 0 Å². The highest BCUT2D eigenvalue weighted by Gasteiger charge is 2.20. The first-order valence-electron chi connectivity index (χ1n) is 11.5. The number of amides is 1. The Labute approximate surface area is 203 Å². The van der Waals surface area contributed by atoms with Gasteiger partial charge in [0, 0.05) is 11.1 Å². The highest BCUT2D eigenvalue weighted by molar-refractivity contribution is 6.06. The van der Waals surface area contributed by atoms with E-state index >= 15 is 0 Å². The predicted octanol–water partition coefficient (Wildman–Crippen LogP) is 5.95. The number of carbonyl (C=O) groups excluding carboxylic acids is 1. The van der Waals surface area contributed by atoms with Crippen molar-refractivity contribution in [3.63, 3.8) is 0 Å². The molecule has 0 fully saturated rings. The van der Waals surface area contributed by atoms with Gasteiger partial charge in [-0.25, -0.2) is 4.98 Å². The van der Waals surface area contributed by atoms with E-state index in [1.54, 1.807) is 31.4 Å². The number of hydrogen-bond acceptors (Lipinski definition) is 7. The number of ether oxygens (including phenoxy) is 4. The minimum absolute atomic E-state index is 0.356. The largest absolute Gasteiger partial charge is 0.495 e. The third-order valence-electron chi connectivity index (χ3n) is 5.16. The minimum Gasteiger partial charge on any atom is -0.495 e. The SMILES string of the molecule is CCOc1cc(C(=O)Nc2cc(-c3nc4ccccc4o3)ccc2OC)cc(OCC)c1OCC. The Hall–Kier alpha value is -4.20. The van der Waals surface area contributed by atoms with Gasteiger partial charge in [-0.05, 0) is 63.2 Å². The zero-order valence-electron chi connectivity index (χ0n) is 20.2. The Balaban J connectivity index is 1.69. The van der Waals surface area contributed by atoms with Crippen LogP contribution in [0.1, 0.15) is 31.1 Å². The molecule has 0 aliphatic heterocycles. The van der Waals surface area contributed by atoms with Crippen LogP contribution in [0.4, 0.5) is 5.69 Å². The summed E-state index contributed by atoms with van der Waals surface area (Å²) in [5, 5.41) is 2.93. The van der Waals surface area contributed by atoms with Crippen LogP contribution in [0.25, 0.3) is 22.6 Å². The van der Waals surface area contributed by atoms with Crippen molar-refractivity contribution in [2.24, 2.45) is 0 Å². The van der Waals surface area contributed by atoms with Crippen molar-refractivity contribution in [3.05, 3.63) is 60.2 Å². The zero-order chi connectivity index (χ0) is 24.8. The topological polar surface area (TPSA) is 92.1 Å². The second-order valence-electron chi connectivity index (χ2n) is 7.46. The summed E-state index contributed by atoms with van der Waals surface area (Å²) in [5.74, 6) is 1.95. The molecule has 0 saturated heterocycles. The molecule has 0 aliphatic carbocycles. The number of benzene rings is 3. The Bertz CT molecular complexity index is 1270. The first-order chi connectivity index (χ1) is 17.1. The van der Waals surface area contributed by atoms with Crippen LogP contribution < -0.4 is 24.3 Å². The maximum absolute atomic E-state index is 13.3. The van der Waals surface area contributed by atoms with Crippen molar-refractivity contribution in [2.75, 3.05) is 32.2 Å². The van der Waals surface area contributed by atoms with Crippen molar-refractivity contribution < 1.29 is 28.2 Å². The number of aromatic nitrogens is 1. The average Bonchev–Trinajstić information content (AvgIpc) is 3.30. The van der Waals surface area contributed by atoms with E-state index in [0.717, 1.165) is 5.52 Å². The molecule has 0 radical (unpaired) electrons. The maximum Gasteiger partial charge on any atom is 0.256 e. The number of para-hydroxylation sites is 2. The normalized spacial score (nSPS) is 10.7. The molecular formula is C27H28N2O6. The van der Waals surface area contributed by atoms with Gasteiger partial charge in [0.2, 0.25) is 11.6 Å². The van der Waals surface area contributed by atoms with Crippen LogP contribution >= 0.6 is 0 Å². The monoisotopic (exact) mass is 476 g/mol. The van der Waals surface area contributed by atoms with Gasteiger partial charge in [-0.3, -0.25) is 4.79 Å². The van der Waals surface area contributed by atoms with Gasteiger partial charge in [0.1, 0.15) is 11.3 Å². The fraction of sp³-hybridized carbons (Fsp3) is 0.259. The summed E-state index contributed by atoms with van der Waals surface area (Å²) in [6, 6.07) is 16.2. The number of carbonyl (C=O) groups is 1. The number of anilines is 1. The van der Waals surface area contributed by atoms with E-state index in [-0.39, 0.29) is 5.91 Å². The lowest BCUT2D eigenvalue weighted by Gasteiger charge is -2.17. The van der Waals surface area contributed by atoms with Crippen LogP contribution in [0.2, 0.25) is 0 Å². The number of rotatable bonds is 10. The molecule has 8 nitrogen and oxygen atoms in total. The van der Waals surface area contributed by atoms with Crippen molar-refractivity contribution in [2.45, 2.75) is 20.8 Å². The number of nitrogens with one attached hydrogen (secondary N) is 1. The smallest absolute Gasteiger partial charge is 0.256 e. The Morgan fingerprint density at radius 3 is 2.20 bits per heavy atom. The Kier molecular flexibility index (Phi) is 7.40. The van der Waals surface area contributed by atoms with Gasteiger partial charge < -0.3 is 28.7 Å². The molecule has 0 aliphatic rings. The van der Waals surface area contributed by atoms with Gasteiger partial charge in [0.15, 0.2) is 17.1 Å². The molecule has 182 valence electrons. The zero-order valence-corrected chi connectivity index (χ0v) is 20.2. The molecule has 0 saturated carbocycles. The van der Waals surface area contributed by atoms with E-state index < -0.39 is 0 Å². The standard InChI is InChI=1S/C27H28N2O6/c1-5-32-23-15-18(16-24(33-6-2)25(23)34-7-3)26(30)28-20-14-17(12-13-21(20)31-4)27-29-19-10-8-9-11-22(19)35-27/h8-16H,5-7H2,1-4H3,(H,28,30). The Morgan fingerprint density at radius 2 is 1.57 bits per heavy atom. The summed E-state index contributed by atoms with van der Waals surface area (Å²) >= 11 is 0. The van der Waals surface area contributed by atoms with E-state index in [1.165, 1.54) is 0 Å². The third-order valence-corrected chi connectivity index (χ3v) is 5.16. The van der Waals surface area contributed by atoms with Crippen LogP contribution in [-0.2, 0) is 0 Å². The lowest BCUT2D eigenvalue weighted by atomic mass is 10.1. The highest BCUT2D eigenvalue weighted by Crippen LogP contribution is 2.40. The molecule has 1 aromatic heterocycles. The number of hydrogen-bond donors (Lipinski definition) is 1. The summed E-state index contributed by atoms with van der Waals surface area (Å²) < 4.78 is 28.6. The van der Waals surface area contributed by atoms with Crippen molar-refractivity contribution in [1.82, 2.24) is 4.98 Å². The van der Waals surface area contributed by atoms with Crippen molar-refractivity contribution in [1.29, 1.82) is 0 Å². The number of methoxy groups -OCH3 is 1. The molecule has 3 aromatic carbocycles. The fourth-order valence-corrected chi connectivity index (χ4v) is 3.65. The number of oxazole rings is 1. The quantitative estimate of drug-likeness (QED) is 0.302. The summed E-state index contributed by atoms with van der Waals surface area (Å²) in [6.45, 7) is 6.87. The first kappa shape index (κ1) is 23.9. The second kappa shape index (κ2) is 10.8. The summed E-state index contributed by atoms with van der Waals surface area (Å²) in [6.07, 6.45) is 0. The van der Waals surface area contributed by atoms with Crippen LogP contribution in [0, 0.1) is 0 Å². The molecule has 0 unspecified atom stereocenters. The van der Waals surface area contributed by atoms with Crippen LogP contribution in [0.3, 0.4) is 0 Å². The average molecular weight is 477 g/mol. The van der Waals surface area contributed by atoms with Crippen molar-refractivity contribution >= 4 is 22.7 Å². The van der Waals surface area contributed by atoms with Gasteiger partial charge >= 0.3 is 0 Å². The molecular weight excluding hydrogens is 448 g/mol. The molecule has 35 heavy (non-hydrogen) atoms. The predicted molar refractivity (Wildman–Crippen MR) is 134 cm³/mol. The highest BCUT2D eigenvalue weighted by atomic mass is 16.5. The lowest BCUT2D eigenvalue weighted by molar-refractivity contribution is 0.102. The van der Waals surface area contributed by atoms with E-state index in [4.69, 9.17) is 23.4 Å². The molecule has 8 heteroatoms. The van der Waals surface area contributed by atoms with Gasteiger partial charge in [0.25, 0.3) is 5.91 Å².